The zero-order valence-corrected chi connectivity index (χ0v) is 10.0. The molecule has 1 amide bonds. The Morgan fingerprint density at radius 2 is 1.60 bits per heavy atom. The van der Waals surface area contributed by atoms with Crippen LogP contribution in [0.1, 0.15) is 15.9 Å². The summed E-state index contributed by atoms with van der Waals surface area (Å²) in [5, 5.41) is 2.08. The number of halogens is 4. The number of carbonyl (C=O) groups excluding carboxylic acids is 1. The fourth-order valence-electron chi connectivity index (χ4n) is 1.70. The van der Waals surface area contributed by atoms with Crippen LogP contribution in [-0.2, 0) is 6.18 Å². The molecular formula is C14H9F4NO. The lowest BCUT2D eigenvalue weighted by Gasteiger charge is -2.14. The van der Waals surface area contributed by atoms with Crippen molar-refractivity contribution in [3.8, 4) is 0 Å². The van der Waals surface area contributed by atoms with E-state index in [-0.39, 0.29) is 5.56 Å². The second-order valence-corrected chi connectivity index (χ2v) is 3.98. The molecule has 2 rings (SSSR count). The molecule has 2 aromatic rings. The Bertz CT molecular complexity index is 623. The van der Waals surface area contributed by atoms with Gasteiger partial charge in [-0.1, -0.05) is 24.3 Å². The van der Waals surface area contributed by atoms with E-state index >= 15 is 0 Å². The quantitative estimate of drug-likeness (QED) is 0.826. The summed E-state index contributed by atoms with van der Waals surface area (Å²) < 4.78 is 51.6. The SMILES string of the molecule is O=C(Nc1cccc(F)c1C(F)(F)F)c1ccccc1. The van der Waals surface area contributed by atoms with Gasteiger partial charge in [-0.3, -0.25) is 4.79 Å². The monoisotopic (exact) mass is 283 g/mol. The van der Waals surface area contributed by atoms with Crippen molar-refractivity contribution in [2.24, 2.45) is 0 Å². The van der Waals surface area contributed by atoms with Crippen LogP contribution in [0.4, 0.5) is 23.2 Å². The lowest BCUT2D eigenvalue weighted by atomic mass is 10.1. The summed E-state index contributed by atoms with van der Waals surface area (Å²) in [4.78, 5) is 11.8. The molecule has 0 radical (unpaired) electrons. The Hall–Kier alpha value is -2.37. The van der Waals surface area contributed by atoms with Crippen molar-refractivity contribution in [2.75, 3.05) is 5.32 Å². The van der Waals surface area contributed by atoms with Crippen LogP contribution in [0.3, 0.4) is 0 Å². The molecule has 0 aliphatic rings. The summed E-state index contributed by atoms with van der Waals surface area (Å²) in [7, 11) is 0. The molecule has 2 aromatic carbocycles. The molecule has 104 valence electrons. The number of amides is 1. The van der Waals surface area contributed by atoms with Gasteiger partial charge < -0.3 is 5.32 Å². The van der Waals surface area contributed by atoms with E-state index in [0.717, 1.165) is 12.1 Å². The van der Waals surface area contributed by atoms with Crippen molar-refractivity contribution in [3.63, 3.8) is 0 Å². The third kappa shape index (κ3) is 2.96. The van der Waals surface area contributed by atoms with Gasteiger partial charge in [-0.2, -0.15) is 13.2 Å². The number of rotatable bonds is 2. The van der Waals surface area contributed by atoms with E-state index in [0.29, 0.717) is 6.07 Å². The van der Waals surface area contributed by atoms with E-state index in [4.69, 9.17) is 0 Å². The summed E-state index contributed by atoms with van der Waals surface area (Å²) in [6.07, 6.45) is -4.88. The maximum atomic E-state index is 13.3. The zero-order chi connectivity index (χ0) is 14.8. The lowest BCUT2D eigenvalue weighted by molar-refractivity contribution is -0.139. The average molecular weight is 283 g/mol. The molecular weight excluding hydrogens is 274 g/mol. The standard InChI is InChI=1S/C14H9F4NO/c15-10-7-4-8-11(12(10)14(16,17)18)19-13(20)9-5-2-1-3-6-9/h1-8H,(H,19,20). The van der Waals surface area contributed by atoms with E-state index < -0.39 is 29.2 Å². The van der Waals surface area contributed by atoms with E-state index in [1.54, 1.807) is 18.2 Å². The van der Waals surface area contributed by atoms with Crippen molar-refractivity contribution in [2.45, 2.75) is 6.18 Å². The molecule has 2 nitrogen and oxygen atoms in total. The lowest BCUT2D eigenvalue weighted by Crippen LogP contribution is -2.18. The molecule has 1 N–H and O–H groups in total. The van der Waals surface area contributed by atoms with Gasteiger partial charge in [-0.15, -0.1) is 0 Å². The Kier molecular flexibility index (Phi) is 3.74. The highest BCUT2D eigenvalue weighted by molar-refractivity contribution is 6.04. The van der Waals surface area contributed by atoms with E-state index in [2.05, 4.69) is 5.32 Å². The van der Waals surface area contributed by atoms with Gasteiger partial charge in [0.15, 0.2) is 0 Å². The molecule has 0 aliphatic heterocycles. The molecule has 0 fully saturated rings. The van der Waals surface area contributed by atoms with Gasteiger partial charge in [0.2, 0.25) is 0 Å². The first kappa shape index (κ1) is 14.0. The largest absolute Gasteiger partial charge is 0.421 e. The molecule has 0 unspecified atom stereocenters. The number of carbonyl (C=O) groups is 1. The van der Waals surface area contributed by atoms with Crippen LogP contribution in [0, 0.1) is 5.82 Å². The first-order valence-corrected chi connectivity index (χ1v) is 5.61. The minimum atomic E-state index is -4.88. The maximum absolute atomic E-state index is 13.3. The van der Waals surface area contributed by atoms with Gasteiger partial charge >= 0.3 is 6.18 Å². The number of anilines is 1. The fourth-order valence-corrected chi connectivity index (χ4v) is 1.70. The Morgan fingerprint density at radius 3 is 2.20 bits per heavy atom. The van der Waals surface area contributed by atoms with Gasteiger partial charge in [-0.05, 0) is 24.3 Å². The molecule has 6 heteroatoms. The summed E-state index contributed by atoms with van der Waals surface area (Å²) in [5.74, 6) is -2.16. The predicted octanol–water partition coefficient (Wildman–Crippen LogP) is 4.10. The highest BCUT2D eigenvalue weighted by Crippen LogP contribution is 2.36. The minimum absolute atomic E-state index is 0.185. The Balaban J connectivity index is 2.36. The average Bonchev–Trinajstić information content (AvgIpc) is 2.38. The fraction of sp³-hybridized carbons (Fsp3) is 0.0714. The summed E-state index contributed by atoms with van der Waals surface area (Å²) in [6.45, 7) is 0. The van der Waals surface area contributed by atoms with Crippen LogP contribution in [0.5, 0.6) is 0 Å². The van der Waals surface area contributed by atoms with Crippen LogP contribution in [-0.4, -0.2) is 5.91 Å². The molecule has 0 atom stereocenters. The molecule has 0 heterocycles. The van der Waals surface area contributed by atoms with Crippen molar-refractivity contribution in [3.05, 3.63) is 65.5 Å². The van der Waals surface area contributed by atoms with Crippen molar-refractivity contribution in [1.29, 1.82) is 0 Å². The second-order valence-electron chi connectivity index (χ2n) is 3.98. The third-order valence-electron chi connectivity index (χ3n) is 2.58. The molecule has 0 saturated heterocycles. The van der Waals surface area contributed by atoms with E-state index in [9.17, 15) is 22.4 Å². The van der Waals surface area contributed by atoms with Gasteiger partial charge in [0.25, 0.3) is 5.91 Å². The highest BCUT2D eigenvalue weighted by Gasteiger charge is 2.37. The Labute approximate surface area is 112 Å². The van der Waals surface area contributed by atoms with Crippen LogP contribution in [0.15, 0.2) is 48.5 Å². The van der Waals surface area contributed by atoms with E-state index in [1.807, 2.05) is 0 Å². The van der Waals surface area contributed by atoms with Crippen molar-refractivity contribution >= 4 is 11.6 Å². The van der Waals surface area contributed by atoms with Gasteiger partial charge in [0.1, 0.15) is 11.4 Å². The zero-order valence-electron chi connectivity index (χ0n) is 10.0. The molecule has 0 bridgehead atoms. The molecule has 20 heavy (non-hydrogen) atoms. The first-order chi connectivity index (χ1) is 9.39. The number of hydrogen-bond acceptors (Lipinski definition) is 1. The topological polar surface area (TPSA) is 29.1 Å². The summed E-state index contributed by atoms with van der Waals surface area (Å²) in [6, 6.07) is 10.5. The summed E-state index contributed by atoms with van der Waals surface area (Å²) in [5.41, 5.74) is -1.90. The van der Waals surface area contributed by atoms with Crippen molar-refractivity contribution in [1.82, 2.24) is 0 Å². The molecule has 0 aliphatic carbocycles. The minimum Gasteiger partial charge on any atom is -0.321 e. The first-order valence-electron chi connectivity index (χ1n) is 5.61. The van der Waals surface area contributed by atoms with Gasteiger partial charge in [0.05, 0.1) is 5.69 Å². The van der Waals surface area contributed by atoms with Crippen molar-refractivity contribution < 1.29 is 22.4 Å². The summed E-state index contributed by atoms with van der Waals surface area (Å²) >= 11 is 0. The maximum Gasteiger partial charge on any atom is 0.421 e. The van der Waals surface area contributed by atoms with Gasteiger partial charge in [-0.25, -0.2) is 4.39 Å². The molecule has 0 aromatic heterocycles. The van der Waals surface area contributed by atoms with Crippen LogP contribution >= 0.6 is 0 Å². The highest BCUT2D eigenvalue weighted by atomic mass is 19.4. The van der Waals surface area contributed by atoms with Crippen LogP contribution < -0.4 is 5.32 Å². The predicted molar refractivity (Wildman–Crippen MR) is 65.8 cm³/mol. The molecule has 0 spiro atoms. The number of hydrogen-bond donors (Lipinski definition) is 1. The second kappa shape index (κ2) is 5.32. The molecule has 0 saturated carbocycles. The van der Waals surface area contributed by atoms with Crippen LogP contribution in [0.2, 0.25) is 0 Å². The number of benzene rings is 2. The normalized spacial score (nSPS) is 11.2. The number of nitrogens with one attached hydrogen (secondary N) is 1. The number of alkyl halides is 3. The van der Waals surface area contributed by atoms with Crippen LogP contribution in [0.25, 0.3) is 0 Å². The smallest absolute Gasteiger partial charge is 0.321 e. The third-order valence-corrected chi connectivity index (χ3v) is 2.58. The van der Waals surface area contributed by atoms with Gasteiger partial charge in [0, 0.05) is 5.56 Å². The van der Waals surface area contributed by atoms with E-state index in [1.165, 1.54) is 12.1 Å². The Morgan fingerprint density at radius 1 is 0.950 bits per heavy atom.